The molecule has 2 aliphatic rings. The monoisotopic (exact) mass is 651 g/mol. The zero-order chi connectivity index (χ0) is 32.4. The molecule has 0 saturated carbocycles. The molecule has 244 valence electrons. The van der Waals surface area contributed by atoms with Crippen LogP contribution >= 0.6 is 0 Å². The van der Waals surface area contributed by atoms with Gasteiger partial charge in [-0.1, -0.05) is 31.2 Å². The first-order valence-corrected chi connectivity index (χ1v) is 17.1. The van der Waals surface area contributed by atoms with Crippen LogP contribution in [-0.2, 0) is 16.8 Å². The van der Waals surface area contributed by atoms with Gasteiger partial charge < -0.3 is 10.3 Å². The smallest absolute Gasteiger partial charge is 0.301 e. The number of pyridine rings is 1. The van der Waals surface area contributed by atoms with E-state index in [0.717, 1.165) is 73.4 Å². The second-order valence-electron chi connectivity index (χ2n) is 11.9. The highest BCUT2D eigenvalue weighted by Crippen LogP contribution is 2.30. The van der Waals surface area contributed by atoms with Gasteiger partial charge in [0.15, 0.2) is 5.82 Å². The number of aromatic nitrogens is 2. The lowest BCUT2D eigenvalue weighted by Gasteiger charge is -2.40. The fraction of sp³-hybridized carbons (Fsp3) is 0.394. The molecule has 2 aromatic carbocycles. The van der Waals surface area contributed by atoms with Gasteiger partial charge in [-0.2, -0.15) is 12.7 Å². The Bertz CT molecular complexity index is 1820. The van der Waals surface area contributed by atoms with Gasteiger partial charge in [-0.25, -0.2) is 13.8 Å². The zero-order valence-electron chi connectivity index (χ0n) is 26.0. The maximum atomic E-state index is 15.5. The minimum Gasteiger partial charge on any atom is -0.345 e. The van der Waals surface area contributed by atoms with E-state index < -0.39 is 38.9 Å². The molecule has 4 heterocycles. The molecule has 2 aromatic heterocycles. The standard InChI is InChI=1S/C33H39F2N7O3S/c1-3-40(2)46(44,45)39-29-9-8-28(34)30(31(29)35)32(43)27-20-38-33-26(27)18-24(19-37-33)23-6-4-22(5-7-23)21-41-14-16-42(17-15-41)25-10-12-36-13-11-25/h4-9,18-20,25,36,39H,3,10-17,21H2,1-2H3,(H,37,38). The number of rotatable bonds is 10. The maximum absolute atomic E-state index is 15.5. The molecule has 2 saturated heterocycles. The van der Waals surface area contributed by atoms with E-state index >= 15 is 4.39 Å². The van der Waals surface area contributed by atoms with Gasteiger partial charge in [0.25, 0.3) is 0 Å². The van der Waals surface area contributed by atoms with Crippen LogP contribution in [-0.4, -0.2) is 97.2 Å². The van der Waals surface area contributed by atoms with Gasteiger partial charge in [0.2, 0.25) is 5.78 Å². The number of ketones is 1. The molecular formula is C33H39F2N7O3S. The molecule has 10 nitrogen and oxygen atoms in total. The van der Waals surface area contributed by atoms with Crippen molar-refractivity contribution in [3.63, 3.8) is 0 Å². The number of anilines is 1. The number of aromatic amines is 1. The van der Waals surface area contributed by atoms with Crippen LogP contribution in [0.15, 0.2) is 54.9 Å². The van der Waals surface area contributed by atoms with Crippen molar-refractivity contribution in [2.75, 3.05) is 57.6 Å². The average molecular weight is 652 g/mol. The fourth-order valence-electron chi connectivity index (χ4n) is 6.23. The van der Waals surface area contributed by atoms with E-state index in [1.165, 1.54) is 31.6 Å². The van der Waals surface area contributed by atoms with E-state index in [9.17, 15) is 17.6 Å². The number of piperidine rings is 1. The molecular weight excluding hydrogens is 612 g/mol. The summed E-state index contributed by atoms with van der Waals surface area (Å²) in [4.78, 5) is 26.0. The van der Waals surface area contributed by atoms with Crippen molar-refractivity contribution in [2.24, 2.45) is 0 Å². The first-order chi connectivity index (χ1) is 22.1. The number of fused-ring (bicyclic) bond motifs is 1. The zero-order valence-corrected chi connectivity index (χ0v) is 26.8. The van der Waals surface area contributed by atoms with Crippen LogP contribution < -0.4 is 10.0 Å². The molecule has 0 radical (unpaired) electrons. The van der Waals surface area contributed by atoms with Gasteiger partial charge in [-0.05, 0) is 55.3 Å². The molecule has 0 bridgehead atoms. The predicted molar refractivity (Wildman–Crippen MR) is 175 cm³/mol. The van der Waals surface area contributed by atoms with E-state index in [1.54, 1.807) is 19.2 Å². The molecule has 6 rings (SSSR count). The molecule has 2 aliphatic heterocycles. The Labute approximate surface area is 268 Å². The molecule has 0 atom stereocenters. The normalized spacial score (nSPS) is 17.2. The molecule has 46 heavy (non-hydrogen) atoms. The Hall–Kier alpha value is -3.75. The summed E-state index contributed by atoms with van der Waals surface area (Å²) in [5.41, 5.74) is 1.87. The summed E-state index contributed by atoms with van der Waals surface area (Å²) in [5.74, 6) is -3.32. The Morgan fingerprint density at radius 1 is 1.04 bits per heavy atom. The largest absolute Gasteiger partial charge is 0.345 e. The van der Waals surface area contributed by atoms with Crippen molar-refractivity contribution in [3.05, 3.63) is 83.2 Å². The summed E-state index contributed by atoms with van der Waals surface area (Å²) < 4.78 is 58.4. The van der Waals surface area contributed by atoms with E-state index in [4.69, 9.17) is 0 Å². The minimum absolute atomic E-state index is 0.0214. The number of piperazine rings is 1. The Kier molecular flexibility index (Phi) is 9.48. The summed E-state index contributed by atoms with van der Waals surface area (Å²) in [6.45, 7) is 9.10. The van der Waals surface area contributed by atoms with Gasteiger partial charge in [-0.3, -0.25) is 19.3 Å². The third kappa shape index (κ3) is 6.69. The van der Waals surface area contributed by atoms with E-state index in [0.29, 0.717) is 17.1 Å². The molecule has 0 amide bonds. The van der Waals surface area contributed by atoms with E-state index in [2.05, 4.69) is 41.9 Å². The fourth-order valence-corrected chi connectivity index (χ4v) is 7.16. The SMILES string of the molecule is CCN(C)S(=O)(=O)Nc1ccc(F)c(C(=O)c2c[nH]c3ncc(-c4ccc(CN5CCN(C6CCNCC6)CC5)cc4)cc23)c1F. The molecule has 13 heteroatoms. The lowest BCUT2D eigenvalue weighted by Crippen LogP contribution is -2.52. The van der Waals surface area contributed by atoms with Crippen molar-refractivity contribution >= 4 is 32.7 Å². The third-order valence-corrected chi connectivity index (χ3v) is 10.7. The predicted octanol–water partition coefficient (Wildman–Crippen LogP) is 4.22. The van der Waals surface area contributed by atoms with Gasteiger partial charge >= 0.3 is 10.2 Å². The lowest BCUT2D eigenvalue weighted by atomic mass is 9.99. The van der Waals surface area contributed by atoms with Crippen LogP contribution in [0.1, 0.15) is 41.3 Å². The molecule has 0 unspecified atom stereocenters. The first kappa shape index (κ1) is 32.2. The van der Waals surface area contributed by atoms with Crippen LogP contribution in [0.4, 0.5) is 14.5 Å². The van der Waals surface area contributed by atoms with Crippen LogP contribution in [0.5, 0.6) is 0 Å². The van der Waals surface area contributed by atoms with Gasteiger partial charge in [0.05, 0.1) is 11.3 Å². The highest BCUT2D eigenvalue weighted by molar-refractivity contribution is 7.90. The first-order valence-electron chi connectivity index (χ1n) is 15.6. The van der Waals surface area contributed by atoms with Crippen molar-refractivity contribution in [2.45, 2.75) is 32.4 Å². The number of carbonyl (C=O) groups is 1. The van der Waals surface area contributed by atoms with Crippen LogP contribution in [0, 0.1) is 11.6 Å². The molecule has 0 spiro atoms. The highest BCUT2D eigenvalue weighted by Gasteiger charge is 2.28. The number of halogens is 2. The van der Waals surface area contributed by atoms with Crippen molar-refractivity contribution in [3.8, 4) is 11.1 Å². The number of nitrogens with one attached hydrogen (secondary N) is 3. The molecule has 3 N–H and O–H groups in total. The summed E-state index contributed by atoms with van der Waals surface area (Å²) in [7, 11) is -2.78. The van der Waals surface area contributed by atoms with Crippen LogP contribution in [0.3, 0.4) is 0 Å². The van der Waals surface area contributed by atoms with Gasteiger partial charge in [0, 0.05) is 81.3 Å². The molecule has 2 fully saturated rings. The Balaban J connectivity index is 1.18. The van der Waals surface area contributed by atoms with Crippen LogP contribution in [0.2, 0.25) is 0 Å². The number of carbonyl (C=O) groups excluding carboxylic acids is 1. The summed E-state index contributed by atoms with van der Waals surface area (Å²) in [5, 5.41) is 3.84. The number of H-pyrrole nitrogens is 1. The van der Waals surface area contributed by atoms with E-state index in [1.807, 2.05) is 12.1 Å². The van der Waals surface area contributed by atoms with Crippen LogP contribution in [0.25, 0.3) is 22.2 Å². The quantitative estimate of drug-likeness (QED) is 0.220. The van der Waals surface area contributed by atoms with Crippen molar-refractivity contribution < 1.29 is 22.0 Å². The summed E-state index contributed by atoms with van der Waals surface area (Å²) in [6.07, 6.45) is 5.49. The minimum atomic E-state index is -4.10. The summed E-state index contributed by atoms with van der Waals surface area (Å²) >= 11 is 0. The van der Waals surface area contributed by atoms with Crippen molar-refractivity contribution in [1.29, 1.82) is 0 Å². The topological polar surface area (TPSA) is 114 Å². The number of benzene rings is 2. The Morgan fingerprint density at radius 2 is 1.76 bits per heavy atom. The number of nitrogens with zero attached hydrogens (tertiary/aromatic N) is 4. The maximum Gasteiger partial charge on any atom is 0.301 e. The average Bonchev–Trinajstić information content (AvgIpc) is 3.50. The van der Waals surface area contributed by atoms with E-state index in [-0.39, 0.29) is 12.1 Å². The second-order valence-corrected chi connectivity index (χ2v) is 13.7. The molecule has 4 aromatic rings. The third-order valence-electron chi connectivity index (χ3n) is 9.11. The lowest BCUT2D eigenvalue weighted by molar-refractivity contribution is 0.0784. The Morgan fingerprint density at radius 3 is 2.46 bits per heavy atom. The number of hydrogen-bond donors (Lipinski definition) is 3. The van der Waals surface area contributed by atoms with Gasteiger partial charge in [-0.15, -0.1) is 0 Å². The highest BCUT2D eigenvalue weighted by atomic mass is 32.2. The number of hydrogen-bond acceptors (Lipinski definition) is 7. The molecule has 0 aliphatic carbocycles. The second kappa shape index (κ2) is 13.5. The van der Waals surface area contributed by atoms with Gasteiger partial charge in [0.1, 0.15) is 11.5 Å². The van der Waals surface area contributed by atoms with Crippen molar-refractivity contribution in [1.82, 2.24) is 29.4 Å². The summed E-state index contributed by atoms with van der Waals surface area (Å²) in [6, 6.07) is 12.5.